The minimum absolute atomic E-state index is 0.0330. The summed E-state index contributed by atoms with van der Waals surface area (Å²) >= 11 is 2.36. The highest BCUT2D eigenvalue weighted by atomic mass is 127. The van der Waals surface area contributed by atoms with Crippen molar-refractivity contribution in [1.82, 2.24) is 0 Å². The third-order valence-electron chi connectivity index (χ3n) is 2.96. The van der Waals surface area contributed by atoms with Crippen LogP contribution in [0, 0.1) is 0 Å². The smallest absolute Gasteiger partial charge is 0.306 e. The van der Waals surface area contributed by atoms with Crippen LogP contribution in [0.1, 0.15) is 24.8 Å². The summed E-state index contributed by atoms with van der Waals surface area (Å²) in [5, 5.41) is 9.18. The van der Waals surface area contributed by atoms with Crippen molar-refractivity contribution < 1.29 is 14.6 Å². The van der Waals surface area contributed by atoms with Crippen molar-refractivity contribution in [3.63, 3.8) is 0 Å². The van der Waals surface area contributed by atoms with E-state index in [1.807, 2.05) is 12.1 Å². The molecule has 0 amide bonds. The van der Waals surface area contributed by atoms with E-state index in [1.165, 1.54) is 0 Å². The molecule has 1 aliphatic heterocycles. The van der Waals surface area contributed by atoms with Gasteiger partial charge >= 0.3 is 5.97 Å². The second-order valence-electron chi connectivity index (χ2n) is 4.29. The predicted molar refractivity (Wildman–Crippen MR) is 73.3 cm³/mol. The number of alkyl halides is 1. The molecule has 0 spiro atoms. The number of cyclic esters (lactones) is 1. The van der Waals surface area contributed by atoms with Crippen LogP contribution in [-0.4, -0.2) is 21.1 Å². The number of aryl methyl sites for hydroxylation is 1. The van der Waals surface area contributed by atoms with Gasteiger partial charge in [-0.05, 0) is 37.0 Å². The average Bonchev–Trinajstić information content (AvgIpc) is 2.32. The Labute approximate surface area is 114 Å². The minimum atomic E-state index is -0.0753. The van der Waals surface area contributed by atoms with Crippen molar-refractivity contribution in [2.75, 3.05) is 0 Å². The van der Waals surface area contributed by atoms with Gasteiger partial charge in [-0.15, -0.1) is 0 Å². The van der Waals surface area contributed by atoms with Gasteiger partial charge in [0.2, 0.25) is 0 Å². The van der Waals surface area contributed by atoms with E-state index in [0.29, 0.717) is 10.3 Å². The van der Waals surface area contributed by atoms with Gasteiger partial charge in [-0.1, -0.05) is 34.7 Å². The Morgan fingerprint density at radius 2 is 2.06 bits per heavy atom. The van der Waals surface area contributed by atoms with Crippen molar-refractivity contribution in [3.05, 3.63) is 29.8 Å². The lowest BCUT2D eigenvalue weighted by Crippen LogP contribution is -2.33. The molecule has 0 aromatic heterocycles. The highest BCUT2D eigenvalue weighted by Crippen LogP contribution is 2.26. The molecule has 1 aromatic rings. The summed E-state index contributed by atoms with van der Waals surface area (Å²) in [6, 6.07) is 7.18. The first-order valence-corrected chi connectivity index (χ1v) is 7.01. The summed E-state index contributed by atoms with van der Waals surface area (Å²) in [6.45, 7) is 0. The Hall–Kier alpha value is -0.780. The molecule has 17 heavy (non-hydrogen) atoms. The Bertz CT molecular complexity index is 388. The van der Waals surface area contributed by atoms with Crippen molar-refractivity contribution in [2.45, 2.75) is 35.7 Å². The molecule has 4 heteroatoms. The van der Waals surface area contributed by atoms with Crippen molar-refractivity contribution in [2.24, 2.45) is 0 Å². The first kappa shape index (κ1) is 12.7. The molecule has 1 fully saturated rings. The highest BCUT2D eigenvalue weighted by molar-refractivity contribution is 14.1. The molecule has 92 valence electrons. The Morgan fingerprint density at radius 1 is 1.35 bits per heavy atom. The lowest BCUT2D eigenvalue weighted by molar-refractivity contribution is -0.153. The molecule has 0 bridgehead atoms. The number of aromatic hydroxyl groups is 1. The number of phenols is 1. The molecule has 3 nitrogen and oxygen atoms in total. The zero-order chi connectivity index (χ0) is 12.3. The summed E-state index contributed by atoms with van der Waals surface area (Å²) in [6.07, 6.45) is 3.22. The second-order valence-corrected chi connectivity index (χ2v) is 5.89. The SMILES string of the molecule is O=C1CC[C@@H](I)[C@@H](CCc2ccc(O)cc2)O1. The Balaban J connectivity index is 1.88. The number of carbonyl (C=O) groups excluding carboxylic acids is 1. The highest BCUT2D eigenvalue weighted by Gasteiger charge is 2.28. The van der Waals surface area contributed by atoms with E-state index < -0.39 is 0 Å². The van der Waals surface area contributed by atoms with Crippen LogP contribution in [0.2, 0.25) is 0 Å². The zero-order valence-electron chi connectivity index (χ0n) is 9.43. The summed E-state index contributed by atoms with van der Waals surface area (Å²) in [5.41, 5.74) is 1.16. The van der Waals surface area contributed by atoms with Gasteiger partial charge in [0.15, 0.2) is 0 Å². The van der Waals surface area contributed by atoms with E-state index in [-0.39, 0.29) is 17.8 Å². The number of hydrogen-bond donors (Lipinski definition) is 1. The molecule has 0 radical (unpaired) electrons. The van der Waals surface area contributed by atoms with E-state index in [2.05, 4.69) is 22.6 Å². The molecule has 2 atom stereocenters. The third kappa shape index (κ3) is 3.59. The summed E-state index contributed by atoms with van der Waals surface area (Å²) in [4.78, 5) is 11.2. The largest absolute Gasteiger partial charge is 0.508 e. The van der Waals surface area contributed by atoms with E-state index in [9.17, 15) is 9.90 Å². The third-order valence-corrected chi connectivity index (χ3v) is 4.39. The van der Waals surface area contributed by atoms with Crippen LogP contribution in [-0.2, 0) is 16.0 Å². The predicted octanol–water partition coefficient (Wildman–Crippen LogP) is 2.83. The molecule has 0 saturated carbocycles. The van der Waals surface area contributed by atoms with Gasteiger partial charge < -0.3 is 9.84 Å². The van der Waals surface area contributed by atoms with Crippen LogP contribution in [0.15, 0.2) is 24.3 Å². The van der Waals surface area contributed by atoms with Gasteiger partial charge in [-0.3, -0.25) is 4.79 Å². The Morgan fingerprint density at radius 3 is 2.76 bits per heavy atom. The monoisotopic (exact) mass is 346 g/mol. The van der Waals surface area contributed by atoms with Crippen molar-refractivity contribution >= 4 is 28.6 Å². The number of carbonyl (C=O) groups is 1. The van der Waals surface area contributed by atoms with Gasteiger partial charge in [-0.25, -0.2) is 0 Å². The number of hydrogen-bond acceptors (Lipinski definition) is 3. The van der Waals surface area contributed by atoms with Crippen molar-refractivity contribution in [1.29, 1.82) is 0 Å². The van der Waals surface area contributed by atoms with E-state index in [0.717, 1.165) is 24.8 Å². The molecular formula is C13H15IO3. The lowest BCUT2D eigenvalue weighted by Gasteiger charge is -2.27. The number of ether oxygens (including phenoxy) is 1. The molecule has 2 rings (SSSR count). The van der Waals surface area contributed by atoms with Gasteiger partial charge in [-0.2, -0.15) is 0 Å². The van der Waals surface area contributed by atoms with Gasteiger partial charge in [0.05, 0.1) is 0 Å². The Kier molecular flexibility index (Phi) is 4.25. The maximum absolute atomic E-state index is 11.2. The molecule has 1 aliphatic rings. The zero-order valence-corrected chi connectivity index (χ0v) is 11.6. The van der Waals surface area contributed by atoms with Crippen LogP contribution in [0.3, 0.4) is 0 Å². The number of halogens is 1. The first-order chi connectivity index (χ1) is 8.15. The fourth-order valence-electron chi connectivity index (χ4n) is 1.95. The number of phenolic OH excluding ortho intramolecular Hbond substituents is 1. The fraction of sp³-hybridized carbons (Fsp3) is 0.462. The number of benzene rings is 1. The first-order valence-electron chi connectivity index (χ1n) is 5.76. The standard InChI is InChI=1S/C13H15IO3/c14-11-6-8-13(16)17-12(11)7-3-9-1-4-10(15)5-2-9/h1-2,4-5,11-12,15H,3,6-8H2/t11-,12-/m1/s1. The summed E-state index contributed by atoms with van der Waals surface area (Å²) in [7, 11) is 0. The maximum atomic E-state index is 11.2. The summed E-state index contributed by atoms with van der Waals surface area (Å²) in [5.74, 6) is 0.207. The van der Waals surface area contributed by atoms with Gasteiger partial charge in [0, 0.05) is 10.3 Å². The maximum Gasteiger partial charge on any atom is 0.306 e. The molecule has 0 unspecified atom stereocenters. The van der Waals surface area contributed by atoms with Crippen LogP contribution in [0.4, 0.5) is 0 Å². The quantitative estimate of drug-likeness (QED) is 0.520. The van der Waals surface area contributed by atoms with Crippen LogP contribution in [0.25, 0.3) is 0 Å². The second kappa shape index (κ2) is 5.71. The van der Waals surface area contributed by atoms with Crippen LogP contribution >= 0.6 is 22.6 Å². The van der Waals surface area contributed by atoms with Crippen LogP contribution < -0.4 is 0 Å². The molecule has 1 heterocycles. The molecular weight excluding hydrogens is 331 g/mol. The topological polar surface area (TPSA) is 46.5 Å². The minimum Gasteiger partial charge on any atom is -0.508 e. The number of rotatable bonds is 3. The fourth-order valence-corrected chi connectivity index (χ4v) is 2.77. The van der Waals surface area contributed by atoms with E-state index in [1.54, 1.807) is 12.1 Å². The van der Waals surface area contributed by atoms with E-state index in [4.69, 9.17) is 4.74 Å². The number of esters is 1. The lowest BCUT2D eigenvalue weighted by atomic mass is 10.0. The van der Waals surface area contributed by atoms with E-state index >= 15 is 0 Å². The molecule has 1 N–H and O–H groups in total. The van der Waals surface area contributed by atoms with Gasteiger partial charge in [0.1, 0.15) is 11.9 Å². The molecule has 0 aliphatic carbocycles. The normalized spacial score (nSPS) is 24.4. The molecule has 1 aromatic carbocycles. The van der Waals surface area contributed by atoms with Crippen molar-refractivity contribution in [3.8, 4) is 5.75 Å². The molecule has 1 saturated heterocycles. The van der Waals surface area contributed by atoms with Gasteiger partial charge in [0.25, 0.3) is 0 Å². The summed E-state index contributed by atoms with van der Waals surface area (Å²) < 4.78 is 5.77. The average molecular weight is 346 g/mol. The van der Waals surface area contributed by atoms with Crippen LogP contribution in [0.5, 0.6) is 5.75 Å².